The second-order valence-electron chi connectivity index (χ2n) is 4.66. The summed E-state index contributed by atoms with van der Waals surface area (Å²) < 4.78 is 0. The highest BCUT2D eigenvalue weighted by Crippen LogP contribution is 2.49. The number of allylic oxidation sites excluding steroid dienone is 2. The van der Waals surface area contributed by atoms with Gasteiger partial charge in [0, 0.05) is 6.42 Å². The summed E-state index contributed by atoms with van der Waals surface area (Å²) in [6, 6.07) is 0. The van der Waals surface area contributed by atoms with Crippen molar-refractivity contribution in [3.05, 3.63) is 11.6 Å². The Morgan fingerprint density at radius 2 is 2.08 bits per heavy atom. The SMILES string of the molecule is O=CCC1=CCCC2(CCCC2)C1. The van der Waals surface area contributed by atoms with Crippen molar-refractivity contribution >= 4 is 6.29 Å². The van der Waals surface area contributed by atoms with Crippen LogP contribution in [0.2, 0.25) is 0 Å². The smallest absolute Gasteiger partial charge is 0.124 e. The lowest BCUT2D eigenvalue weighted by Crippen LogP contribution is -2.20. The minimum absolute atomic E-state index is 0.618. The molecule has 13 heavy (non-hydrogen) atoms. The lowest BCUT2D eigenvalue weighted by molar-refractivity contribution is -0.107. The Bertz CT molecular complexity index is 221. The summed E-state index contributed by atoms with van der Waals surface area (Å²) in [6.45, 7) is 0. The third kappa shape index (κ3) is 1.84. The molecule has 0 aromatic heterocycles. The van der Waals surface area contributed by atoms with Gasteiger partial charge in [0.15, 0.2) is 0 Å². The standard InChI is InChI=1S/C12H18O/c13-9-5-11-4-3-8-12(10-11)6-1-2-7-12/h4,9H,1-3,5-8,10H2. The Morgan fingerprint density at radius 1 is 1.31 bits per heavy atom. The number of rotatable bonds is 2. The van der Waals surface area contributed by atoms with Crippen LogP contribution in [0.5, 0.6) is 0 Å². The fraction of sp³-hybridized carbons (Fsp3) is 0.750. The Morgan fingerprint density at radius 3 is 2.77 bits per heavy atom. The number of aldehydes is 1. The predicted octanol–water partition coefficient (Wildman–Crippen LogP) is 3.25. The van der Waals surface area contributed by atoms with Gasteiger partial charge in [-0.05, 0) is 37.5 Å². The quantitative estimate of drug-likeness (QED) is 0.468. The third-order valence-electron chi connectivity index (χ3n) is 3.72. The molecule has 0 aliphatic heterocycles. The van der Waals surface area contributed by atoms with E-state index in [1.54, 1.807) is 0 Å². The molecule has 0 aromatic rings. The molecule has 2 rings (SSSR count). The molecule has 1 spiro atoms. The van der Waals surface area contributed by atoms with Crippen molar-refractivity contribution < 1.29 is 4.79 Å². The molecule has 0 radical (unpaired) electrons. The molecule has 1 fully saturated rings. The molecule has 0 N–H and O–H groups in total. The topological polar surface area (TPSA) is 17.1 Å². The fourth-order valence-electron chi connectivity index (χ4n) is 3.04. The lowest BCUT2D eigenvalue weighted by atomic mass is 9.72. The Balaban J connectivity index is 2.02. The molecule has 0 amide bonds. The Hall–Kier alpha value is -0.590. The zero-order chi connectivity index (χ0) is 9.15. The molecule has 2 aliphatic carbocycles. The third-order valence-corrected chi connectivity index (χ3v) is 3.72. The van der Waals surface area contributed by atoms with Crippen LogP contribution in [0.15, 0.2) is 11.6 Å². The monoisotopic (exact) mass is 178 g/mol. The highest BCUT2D eigenvalue weighted by molar-refractivity contribution is 5.54. The van der Waals surface area contributed by atoms with Gasteiger partial charge in [-0.2, -0.15) is 0 Å². The number of carbonyl (C=O) groups excluding carboxylic acids is 1. The van der Waals surface area contributed by atoms with E-state index < -0.39 is 0 Å². The first-order valence-electron chi connectivity index (χ1n) is 5.46. The van der Waals surface area contributed by atoms with Gasteiger partial charge in [-0.3, -0.25) is 0 Å². The average Bonchev–Trinajstić information content (AvgIpc) is 2.54. The van der Waals surface area contributed by atoms with Crippen molar-refractivity contribution in [2.75, 3.05) is 0 Å². The molecule has 0 saturated heterocycles. The molecule has 1 saturated carbocycles. The van der Waals surface area contributed by atoms with Gasteiger partial charge in [0.1, 0.15) is 6.29 Å². The second kappa shape index (κ2) is 3.65. The van der Waals surface area contributed by atoms with Gasteiger partial charge < -0.3 is 4.79 Å². The van der Waals surface area contributed by atoms with Crippen LogP contribution in [0.1, 0.15) is 51.4 Å². The Labute approximate surface area is 80.2 Å². The lowest BCUT2D eigenvalue weighted by Gasteiger charge is -2.33. The maximum absolute atomic E-state index is 10.4. The molecule has 0 aromatic carbocycles. The molecular weight excluding hydrogens is 160 g/mol. The molecule has 0 atom stereocenters. The zero-order valence-electron chi connectivity index (χ0n) is 8.22. The first kappa shape index (κ1) is 8.98. The number of carbonyl (C=O) groups is 1. The summed E-state index contributed by atoms with van der Waals surface area (Å²) in [7, 11) is 0. The van der Waals surface area contributed by atoms with E-state index in [9.17, 15) is 4.79 Å². The van der Waals surface area contributed by atoms with Crippen LogP contribution in [0.4, 0.5) is 0 Å². The van der Waals surface area contributed by atoms with Crippen molar-refractivity contribution in [3.8, 4) is 0 Å². The van der Waals surface area contributed by atoms with E-state index in [4.69, 9.17) is 0 Å². The largest absolute Gasteiger partial charge is 0.303 e. The molecule has 0 heterocycles. The van der Waals surface area contributed by atoms with Gasteiger partial charge in [-0.15, -0.1) is 0 Å². The van der Waals surface area contributed by atoms with E-state index in [-0.39, 0.29) is 0 Å². The van der Waals surface area contributed by atoms with Crippen LogP contribution in [0, 0.1) is 5.41 Å². The van der Waals surface area contributed by atoms with E-state index in [1.807, 2.05) is 0 Å². The zero-order valence-corrected chi connectivity index (χ0v) is 8.22. The van der Waals surface area contributed by atoms with Gasteiger partial charge in [-0.1, -0.05) is 24.5 Å². The summed E-state index contributed by atoms with van der Waals surface area (Å²) in [5.41, 5.74) is 2.02. The van der Waals surface area contributed by atoms with Crippen LogP contribution in [-0.2, 0) is 4.79 Å². The van der Waals surface area contributed by atoms with Crippen LogP contribution in [-0.4, -0.2) is 6.29 Å². The van der Waals surface area contributed by atoms with E-state index in [0.717, 1.165) is 6.29 Å². The van der Waals surface area contributed by atoms with Crippen LogP contribution >= 0.6 is 0 Å². The average molecular weight is 178 g/mol. The maximum atomic E-state index is 10.4. The second-order valence-corrected chi connectivity index (χ2v) is 4.66. The van der Waals surface area contributed by atoms with Crippen LogP contribution in [0.3, 0.4) is 0 Å². The molecular formula is C12H18O. The van der Waals surface area contributed by atoms with Crippen molar-refractivity contribution in [3.63, 3.8) is 0 Å². The van der Waals surface area contributed by atoms with Gasteiger partial charge in [0.05, 0.1) is 0 Å². The molecule has 0 bridgehead atoms. The molecule has 1 nitrogen and oxygen atoms in total. The predicted molar refractivity (Wildman–Crippen MR) is 53.5 cm³/mol. The molecule has 0 unspecified atom stereocenters. The summed E-state index contributed by atoms with van der Waals surface area (Å²) in [5, 5.41) is 0. The van der Waals surface area contributed by atoms with Gasteiger partial charge in [0.25, 0.3) is 0 Å². The van der Waals surface area contributed by atoms with Gasteiger partial charge in [-0.25, -0.2) is 0 Å². The van der Waals surface area contributed by atoms with Crippen molar-refractivity contribution in [1.29, 1.82) is 0 Å². The summed E-state index contributed by atoms with van der Waals surface area (Å²) in [5.74, 6) is 0. The van der Waals surface area contributed by atoms with Crippen molar-refractivity contribution in [1.82, 2.24) is 0 Å². The van der Waals surface area contributed by atoms with E-state index in [0.29, 0.717) is 11.8 Å². The van der Waals surface area contributed by atoms with Crippen molar-refractivity contribution in [2.24, 2.45) is 5.41 Å². The van der Waals surface area contributed by atoms with Crippen LogP contribution < -0.4 is 0 Å². The fourth-order valence-corrected chi connectivity index (χ4v) is 3.04. The molecule has 1 heteroatoms. The highest BCUT2D eigenvalue weighted by Gasteiger charge is 2.35. The summed E-state index contributed by atoms with van der Waals surface area (Å²) in [6.07, 6.45) is 13.5. The van der Waals surface area contributed by atoms with Gasteiger partial charge in [0.2, 0.25) is 0 Å². The Kier molecular flexibility index (Phi) is 2.52. The van der Waals surface area contributed by atoms with Crippen molar-refractivity contribution in [2.45, 2.75) is 51.4 Å². The molecule has 2 aliphatic rings. The van der Waals surface area contributed by atoms with Gasteiger partial charge >= 0.3 is 0 Å². The minimum atomic E-state index is 0.618. The molecule has 72 valence electrons. The minimum Gasteiger partial charge on any atom is -0.303 e. The summed E-state index contributed by atoms with van der Waals surface area (Å²) in [4.78, 5) is 10.4. The number of hydrogen-bond donors (Lipinski definition) is 0. The summed E-state index contributed by atoms with van der Waals surface area (Å²) >= 11 is 0. The van der Waals surface area contributed by atoms with E-state index in [1.165, 1.54) is 50.5 Å². The van der Waals surface area contributed by atoms with E-state index >= 15 is 0 Å². The number of hydrogen-bond acceptors (Lipinski definition) is 1. The van der Waals surface area contributed by atoms with E-state index in [2.05, 4.69) is 6.08 Å². The highest BCUT2D eigenvalue weighted by atomic mass is 16.1. The maximum Gasteiger partial charge on any atom is 0.124 e. The normalized spacial score (nSPS) is 26.0. The first-order valence-corrected chi connectivity index (χ1v) is 5.46. The first-order chi connectivity index (χ1) is 6.35. The van der Waals surface area contributed by atoms with Crippen LogP contribution in [0.25, 0.3) is 0 Å².